The smallest absolute Gasteiger partial charge is 0.259 e. The fraction of sp³-hybridized carbons (Fsp3) is 0.238. The first kappa shape index (κ1) is 20.2. The number of methoxy groups -OCH3 is 1. The van der Waals surface area contributed by atoms with E-state index in [0.717, 1.165) is 0 Å². The van der Waals surface area contributed by atoms with Crippen molar-refractivity contribution in [3.63, 3.8) is 0 Å². The topological polar surface area (TPSA) is 87.8 Å². The molecule has 0 radical (unpaired) electrons. The highest BCUT2D eigenvalue weighted by Crippen LogP contribution is 2.34. The Kier molecular flexibility index (Phi) is 5.72. The summed E-state index contributed by atoms with van der Waals surface area (Å²) < 4.78 is 24.2. The van der Waals surface area contributed by atoms with Crippen LogP contribution in [-0.4, -0.2) is 37.4 Å². The van der Waals surface area contributed by atoms with Gasteiger partial charge in [-0.3, -0.25) is 4.79 Å². The summed E-state index contributed by atoms with van der Waals surface area (Å²) in [6.07, 6.45) is 0. The van der Waals surface area contributed by atoms with E-state index in [0.29, 0.717) is 16.9 Å². The van der Waals surface area contributed by atoms with Gasteiger partial charge < -0.3 is 24.6 Å². The van der Waals surface area contributed by atoms with Crippen molar-refractivity contribution in [1.82, 2.24) is 10.5 Å². The third kappa shape index (κ3) is 4.01. The first-order valence-corrected chi connectivity index (χ1v) is 8.93. The predicted octanol–water partition coefficient (Wildman–Crippen LogP) is 3.75. The summed E-state index contributed by atoms with van der Waals surface area (Å²) >= 11 is 0. The van der Waals surface area contributed by atoms with Crippen molar-refractivity contribution in [2.24, 2.45) is 0 Å². The Bertz CT molecular complexity index is 1030. The molecule has 0 aliphatic carbocycles. The molecule has 0 aliphatic heterocycles. The van der Waals surface area contributed by atoms with Crippen LogP contribution in [0, 0.1) is 5.82 Å². The van der Waals surface area contributed by atoms with E-state index >= 15 is 0 Å². The quantitative estimate of drug-likeness (QED) is 0.656. The Morgan fingerprint density at radius 1 is 1.28 bits per heavy atom. The van der Waals surface area contributed by atoms with Crippen molar-refractivity contribution in [3.8, 4) is 22.8 Å². The number of hydrogen-bond acceptors (Lipinski definition) is 6. The van der Waals surface area contributed by atoms with Crippen molar-refractivity contribution >= 4 is 11.7 Å². The highest BCUT2D eigenvalue weighted by molar-refractivity contribution is 6.04. The zero-order valence-corrected chi connectivity index (χ0v) is 16.6. The van der Waals surface area contributed by atoms with Gasteiger partial charge in [0.1, 0.15) is 11.3 Å². The molecule has 2 N–H and O–H groups in total. The first-order chi connectivity index (χ1) is 13.8. The number of benzene rings is 2. The second-order valence-electron chi connectivity index (χ2n) is 6.71. The van der Waals surface area contributed by atoms with Gasteiger partial charge in [0.25, 0.3) is 5.91 Å². The minimum Gasteiger partial charge on any atom is -0.508 e. The van der Waals surface area contributed by atoms with E-state index < -0.39 is 17.8 Å². The van der Waals surface area contributed by atoms with E-state index in [1.807, 2.05) is 0 Å². The highest BCUT2D eigenvalue weighted by Gasteiger charge is 2.27. The molecule has 0 fully saturated rings. The Labute approximate surface area is 167 Å². The number of ether oxygens (including phenoxy) is 1. The van der Waals surface area contributed by atoms with E-state index in [1.54, 1.807) is 50.2 Å². The van der Waals surface area contributed by atoms with Crippen molar-refractivity contribution < 1.29 is 23.6 Å². The molecule has 1 amide bonds. The van der Waals surface area contributed by atoms with Gasteiger partial charge in [0, 0.05) is 25.2 Å². The molecule has 1 atom stereocenters. The molecule has 0 saturated heterocycles. The molecule has 3 rings (SSSR count). The molecule has 0 saturated carbocycles. The van der Waals surface area contributed by atoms with Gasteiger partial charge in [-0.2, -0.15) is 0 Å². The number of carbonyl (C=O) groups is 1. The molecule has 1 aromatic heterocycles. The third-order valence-electron chi connectivity index (χ3n) is 4.49. The molecule has 1 unspecified atom stereocenters. The van der Waals surface area contributed by atoms with Crippen LogP contribution in [0.2, 0.25) is 0 Å². The van der Waals surface area contributed by atoms with Crippen molar-refractivity contribution in [3.05, 3.63) is 59.4 Å². The molecule has 2 aromatic carbocycles. The molecule has 0 aliphatic rings. The molecule has 8 heteroatoms. The minimum absolute atomic E-state index is 0.0271. The molecule has 1 heterocycles. The van der Waals surface area contributed by atoms with E-state index in [1.165, 1.54) is 25.3 Å². The number of phenols is 1. The number of carbonyl (C=O) groups excluding carboxylic acids is 1. The van der Waals surface area contributed by atoms with E-state index in [4.69, 9.17) is 9.26 Å². The third-order valence-corrected chi connectivity index (χ3v) is 4.49. The summed E-state index contributed by atoms with van der Waals surface area (Å²) in [5, 5.41) is 16.9. The number of halogens is 1. The number of rotatable bonds is 6. The van der Waals surface area contributed by atoms with E-state index in [2.05, 4.69) is 10.5 Å². The van der Waals surface area contributed by atoms with Crippen LogP contribution in [0.1, 0.15) is 28.9 Å². The molecule has 29 heavy (non-hydrogen) atoms. The number of amides is 1. The lowest BCUT2D eigenvalue weighted by Crippen LogP contribution is -2.28. The summed E-state index contributed by atoms with van der Waals surface area (Å²) in [6, 6.07) is 10.5. The molecule has 0 spiro atoms. The van der Waals surface area contributed by atoms with Crippen LogP contribution in [0.4, 0.5) is 10.2 Å². The molecule has 152 valence electrons. The average molecular weight is 399 g/mol. The lowest BCUT2D eigenvalue weighted by atomic mass is 10.0. The Morgan fingerprint density at radius 3 is 2.66 bits per heavy atom. The van der Waals surface area contributed by atoms with Crippen molar-refractivity contribution in [2.45, 2.75) is 13.0 Å². The van der Waals surface area contributed by atoms with Gasteiger partial charge in [-0.15, -0.1) is 0 Å². The van der Waals surface area contributed by atoms with Gasteiger partial charge in [-0.1, -0.05) is 23.4 Å². The van der Waals surface area contributed by atoms with Crippen LogP contribution < -0.4 is 15.0 Å². The fourth-order valence-corrected chi connectivity index (χ4v) is 2.99. The number of hydrogen-bond donors (Lipinski definition) is 2. The van der Waals surface area contributed by atoms with Gasteiger partial charge in [0.2, 0.25) is 0 Å². The zero-order chi connectivity index (χ0) is 21.1. The van der Waals surface area contributed by atoms with Gasteiger partial charge >= 0.3 is 0 Å². The second-order valence-corrected chi connectivity index (χ2v) is 6.71. The molecular weight excluding hydrogens is 377 g/mol. The van der Waals surface area contributed by atoms with E-state index in [9.17, 15) is 14.3 Å². The SMILES string of the molecule is COc1cc(-c2onc(N(C)C)c2C(=O)NC(C)c2ccccc2O)ccc1F. The van der Waals surface area contributed by atoms with Gasteiger partial charge in [-0.25, -0.2) is 4.39 Å². The summed E-state index contributed by atoms with van der Waals surface area (Å²) in [6.45, 7) is 1.76. The van der Waals surface area contributed by atoms with Crippen LogP contribution in [0.5, 0.6) is 11.5 Å². The number of phenolic OH excluding ortho intramolecular Hbond substituents is 1. The standard InChI is InChI=1S/C21H22FN3O4/c1-12(14-7-5-6-8-16(14)26)23-21(27)18-19(29-24-20(18)25(2)3)13-9-10-15(22)17(11-13)28-4/h5-12,26H,1-4H3,(H,23,27). The minimum atomic E-state index is -0.525. The number of aromatic nitrogens is 1. The number of anilines is 1. The van der Waals surface area contributed by atoms with E-state index in [-0.39, 0.29) is 22.8 Å². The summed E-state index contributed by atoms with van der Waals surface area (Å²) in [5.41, 5.74) is 1.23. The Morgan fingerprint density at radius 2 is 2.00 bits per heavy atom. The van der Waals surface area contributed by atoms with Crippen LogP contribution in [0.25, 0.3) is 11.3 Å². The normalized spacial score (nSPS) is 11.8. The fourth-order valence-electron chi connectivity index (χ4n) is 2.99. The largest absolute Gasteiger partial charge is 0.508 e. The average Bonchev–Trinajstić information content (AvgIpc) is 3.14. The second kappa shape index (κ2) is 8.22. The summed E-state index contributed by atoms with van der Waals surface area (Å²) in [5.74, 6) is -0.341. The molecule has 7 nitrogen and oxygen atoms in total. The Balaban J connectivity index is 2.00. The molecule has 0 bridgehead atoms. The number of nitrogens with zero attached hydrogens (tertiary/aromatic N) is 2. The van der Waals surface area contributed by atoms with Crippen LogP contribution >= 0.6 is 0 Å². The van der Waals surface area contributed by atoms with Gasteiger partial charge in [0.15, 0.2) is 23.1 Å². The van der Waals surface area contributed by atoms with Crippen LogP contribution in [0.3, 0.4) is 0 Å². The van der Waals surface area contributed by atoms with Crippen molar-refractivity contribution in [1.29, 1.82) is 0 Å². The number of nitrogens with one attached hydrogen (secondary N) is 1. The van der Waals surface area contributed by atoms with Crippen molar-refractivity contribution in [2.75, 3.05) is 26.1 Å². The maximum atomic E-state index is 13.8. The maximum Gasteiger partial charge on any atom is 0.259 e. The lowest BCUT2D eigenvalue weighted by molar-refractivity contribution is 0.0940. The monoisotopic (exact) mass is 399 g/mol. The number of aromatic hydroxyl groups is 1. The summed E-state index contributed by atoms with van der Waals surface area (Å²) in [4.78, 5) is 14.8. The zero-order valence-electron chi connectivity index (χ0n) is 16.6. The lowest BCUT2D eigenvalue weighted by Gasteiger charge is -2.17. The summed E-state index contributed by atoms with van der Waals surface area (Å²) in [7, 11) is 4.82. The maximum absolute atomic E-state index is 13.8. The van der Waals surface area contributed by atoms with Gasteiger partial charge in [0.05, 0.1) is 13.2 Å². The van der Waals surface area contributed by atoms with Gasteiger partial charge in [-0.05, 0) is 31.2 Å². The molecule has 3 aromatic rings. The first-order valence-electron chi connectivity index (χ1n) is 8.93. The Hall–Kier alpha value is -3.55. The highest BCUT2D eigenvalue weighted by atomic mass is 19.1. The molecular formula is C21H22FN3O4. The van der Waals surface area contributed by atoms with Crippen LogP contribution in [-0.2, 0) is 0 Å². The predicted molar refractivity (Wildman–Crippen MR) is 107 cm³/mol. The number of para-hydroxylation sites is 1. The van der Waals surface area contributed by atoms with Crippen LogP contribution in [0.15, 0.2) is 47.0 Å².